The highest BCUT2D eigenvalue weighted by Crippen LogP contribution is 2.50. The van der Waals surface area contributed by atoms with Crippen LogP contribution in [0.3, 0.4) is 0 Å². The van der Waals surface area contributed by atoms with Gasteiger partial charge in [0.2, 0.25) is 0 Å². The molecule has 0 aliphatic carbocycles. The Balaban J connectivity index is 1.97. The lowest BCUT2D eigenvalue weighted by atomic mass is 9.78. The Kier molecular flexibility index (Phi) is 11.7. The van der Waals surface area contributed by atoms with E-state index in [2.05, 4.69) is 27.7 Å². The van der Waals surface area contributed by atoms with Crippen LogP contribution in [0.25, 0.3) is 0 Å². The molecule has 178 valence electrons. The maximum absolute atomic E-state index is 7.09. The lowest BCUT2D eigenvalue weighted by Gasteiger charge is -2.46. The van der Waals surface area contributed by atoms with Crippen LogP contribution >= 0.6 is 0 Å². The van der Waals surface area contributed by atoms with Crippen LogP contribution in [0.1, 0.15) is 156 Å². The fourth-order valence-corrected chi connectivity index (χ4v) is 5.96. The standard InChI is InChI=1S/C28H54O2/c1-5-9-13-17-26(18-14-10-6-2)21-23-28(25-29-26)24-22-27(30-28,19-15-11-7-3)20-16-12-8-4/h5-25H2,1-4H3. The highest BCUT2D eigenvalue weighted by molar-refractivity contribution is 5.02. The molecule has 0 aromatic carbocycles. The van der Waals surface area contributed by atoms with Crippen LogP contribution in [0.5, 0.6) is 0 Å². The minimum absolute atomic E-state index is 0.0252. The third kappa shape index (κ3) is 7.80. The first kappa shape index (κ1) is 26.2. The Labute approximate surface area is 189 Å². The average molecular weight is 423 g/mol. The summed E-state index contributed by atoms with van der Waals surface area (Å²) in [6, 6.07) is 0. The molecule has 2 aliphatic rings. The molecule has 2 saturated heterocycles. The van der Waals surface area contributed by atoms with Crippen molar-refractivity contribution in [2.45, 2.75) is 173 Å². The summed E-state index contributed by atoms with van der Waals surface area (Å²) in [5, 5.41) is 0. The highest BCUT2D eigenvalue weighted by Gasteiger charge is 2.52. The van der Waals surface area contributed by atoms with E-state index in [1.807, 2.05) is 0 Å². The van der Waals surface area contributed by atoms with Gasteiger partial charge in [-0.15, -0.1) is 0 Å². The Morgan fingerprint density at radius 2 is 0.900 bits per heavy atom. The van der Waals surface area contributed by atoms with E-state index in [1.54, 1.807) is 0 Å². The molecule has 2 fully saturated rings. The Morgan fingerprint density at radius 1 is 0.500 bits per heavy atom. The zero-order chi connectivity index (χ0) is 21.8. The molecule has 0 amide bonds. The first-order valence-electron chi connectivity index (χ1n) is 13.9. The molecular formula is C28H54O2. The Bertz CT molecular complexity index is 414. The van der Waals surface area contributed by atoms with Gasteiger partial charge in [0, 0.05) is 0 Å². The number of hydrogen-bond acceptors (Lipinski definition) is 2. The molecule has 1 spiro atoms. The van der Waals surface area contributed by atoms with Crippen LogP contribution in [0.4, 0.5) is 0 Å². The average Bonchev–Trinajstić information content (AvgIpc) is 3.10. The summed E-state index contributed by atoms with van der Waals surface area (Å²) in [5.74, 6) is 0. The molecule has 2 heteroatoms. The van der Waals surface area contributed by atoms with Gasteiger partial charge in [0.25, 0.3) is 0 Å². The maximum atomic E-state index is 7.09. The lowest BCUT2D eigenvalue weighted by molar-refractivity contribution is -0.211. The Morgan fingerprint density at radius 3 is 1.30 bits per heavy atom. The number of unbranched alkanes of at least 4 members (excludes halogenated alkanes) is 8. The van der Waals surface area contributed by atoms with Crippen molar-refractivity contribution in [2.24, 2.45) is 0 Å². The van der Waals surface area contributed by atoms with Gasteiger partial charge in [-0.1, -0.05) is 105 Å². The minimum atomic E-state index is 0.0252. The number of rotatable bonds is 16. The highest BCUT2D eigenvalue weighted by atomic mass is 16.6. The van der Waals surface area contributed by atoms with Crippen LogP contribution in [0.15, 0.2) is 0 Å². The quantitative estimate of drug-likeness (QED) is 0.231. The van der Waals surface area contributed by atoms with E-state index in [1.165, 1.54) is 128 Å². The molecule has 2 nitrogen and oxygen atoms in total. The molecule has 2 heterocycles. The number of ether oxygens (including phenoxy) is 2. The third-order valence-corrected chi connectivity index (χ3v) is 8.09. The summed E-state index contributed by atoms with van der Waals surface area (Å²) in [4.78, 5) is 0. The first-order chi connectivity index (χ1) is 14.6. The van der Waals surface area contributed by atoms with E-state index in [0.29, 0.717) is 0 Å². The second-order valence-electron chi connectivity index (χ2n) is 10.8. The molecule has 0 N–H and O–H groups in total. The van der Waals surface area contributed by atoms with Crippen molar-refractivity contribution in [1.29, 1.82) is 0 Å². The monoisotopic (exact) mass is 422 g/mol. The van der Waals surface area contributed by atoms with Gasteiger partial charge in [0.15, 0.2) is 0 Å². The first-order valence-corrected chi connectivity index (χ1v) is 13.9. The van der Waals surface area contributed by atoms with E-state index in [0.717, 1.165) is 6.61 Å². The van der Waals surface area contributed by atoms with Crippen LogP contribution in [0.2, 0.25) is 0 Å². The van der Waals surface area contributed by atoms with E-state index in [9.17, 15) is 0 Å². The van der Waals surface area contributed by atoms with Crippen molar-refractivity contribution in [1.82, 2.24) is 0 Å². The van der Waals surface area contributed by atoms with E-state index in [4.69, 9.17) is 9.47 Å². The van der Waals surface area contributed by atoms with Gasteiger partial charge in [-0.2, -0.15) is 0 Å². The smallest absolute Gasteiger partial charge is 0.0924 e. The number of hydrogen-bond donors (Lipinski definition) is 0. The Hall–Kier alpha value is -0.0800. The molecule has 0 radical (unpaired) electrons. The maximum Gasteiger partial charge on any atom is 0.0924 e. The second-order valence-corrected chi connectivity index (χ2v) is 10.8. The molecule has 1 unspecified atom stereocenters. The molecule has 2 aliphatic heterocycles. The van der Waals surface area contributed by atoms with Crippen molar-refractivity contribution in [3.8, 4) is 0 Å². The van der Waals surface area contributed by atoms with Gasteiger partial charge in [-0.3, -0.25) is 0 Å². The van der Waals surface area contributed by atoms with Gasteiger partial charge >= 0.3 is 0 Å². The molecule has 0 bridgehead atoms. The van der Waals surface area contributed by atoms with E-state index < -0.39 is 0 Å². The summed E-state index contributed by atoms with van der Waals surface area (Å²) >= 11 is 0. The lowest BCUT2D eigenvalue weighted by Crippen LogP contribution is -2.49. The SMILES string of the molecule is CCCCCC1(CCCCC)CCC2(CCC(CCCCC)(CCCCC)O2)CO1. The fourth-order valence-electron chi connectivity index (χ4n) is 5.96. The summed E-state index contributed by atoms with van der Waals surface area (Å²) in [6.45, 7) is 10.1. The summed E-state index contributed by atoms with van der Waals surface area (Å²) in [5.41, 5.74) is 0.324. The largest absolute Gasteiger partial charge is 0.372 e. The molecule has 0 saturated carbocycles. The minimum Gasteiger partial charge on any atom is -0.372 e. The van der Waals surface area contributed by atoms with Crippen LogP contribution in [0, 0.1) is 0 Å². The van der Waals surface area contributed by atoms with Crippen molar-refractivity contribution in [3.05, 3.63) is 0 Å². The molecule has 0 aromatic rings. The van der Waals surface area contributed by atoms with E-state index >= 15 is 0 Å². The van der Waals surface area contributed by atoms with Crippen LogP contribution in [-0.4, -0.2) is 23.4 Å². The van der Waals surface area contributed by atoms with Gasteiger partial charge in [-0.05, 0) is 51.4 Å². The zero-order valence-electron chi connectivity index (χ0n) is 21.2. The van der Waals surface area contributed by atoms with Gasteiger partial charge < -0.3 is 9.47 Å². The predicted molar refractivity (Wildman–Crippen MR) is 130 cm³/mol. The topological polar surface area (TPSA) is 18.5 Å². The van der Waals surface area contributed by atoms with Crippen molar-refractivity contribution < 1.29 is 9.47 Å². The molecule has 1 atom stereocenters. The third-order valence-electron chi connectivity index (χ3n) is 8.09. The van der Waals surface area contributed by atoms with Crippen molar-refractivity contribution in [3.63, 3.8) is 0 Å². The summed E-state index contributed by atoms with van der Waals surface area (Å²) in [6.07, 6.45) is 25.9. The second kappa shape index (κ2) is 13.5. The molecular weight excluding hydrogens is 368 g/mol. The van der Waals surface area contributed by atoms with Gasteiger partial charge in [0.05, 0.1) is 23.4 Å². The van der Waals surface area contributed by atoms with Gasteiger partial charge in [0.1, 0.15) is 0 Å². The molecule has 0 aromatic heterocycles. The predicted octanol–water partition coefficient (Wildman–Crippen LogP) is 9.14. The molecule has 2 rings (SSSR count). The zero-order valence-corrected chi connectivity index (χ0v) is 21.2. The van der Waals surface area contributed by atoms with E-state index in [-0.39, 0.29) is 16.8 Å². The van der Waals surface area contributed by atoms with Gasteiger partial charge in [-0.25, -0.2) is 0 Å². The summed E-state index contributed by atoms with van der Waals surface area (Å²) in [7, 11) is 0. The van der Waals surface area contributed by atoms with Crippen LogP contribution < -0.4 is 0 Å². The fraction of sp³-hybridized carbons (Fsp3) is 1.00. The van der Waals surface area contributed by atoms with Crippen molar-refractivity contribution in [2.75, 3.05) is 6.61 Å². The van der Waals surface area contributed by atoms with Crippen molar-refractivity contribution >= 4 is 0 Å². The van der Waals surface area contributed by atoms with Crippen LogP contribution in [-0.2, 0) is 9.47 Å². The molecule has 30 heavy (non-hydrogen) atoms. The summed E-state index contributed by atoms with van der Waals surface area (Å²) < 4.78 is 13.9. The normalized spacial score (nSPS) is 25.2.